The Morgan fingerprint density at radius 2 is 1.62 bits per heavy atom. The first-order chi connectivity index (χ1) is 9.83. The molecular formula is C11H23NO9. The average molecular weight is 313 g/mol. The Balaban J connectivity index is 2.53. The van der Waals surface area contributed by atoms with E-state index in [-0.39, 0.29) is 6.54 Å². The van der Waals surface area contributed by atoms with Crippen molar-refractivity contribution in [1.29, 1.82) is 0 Å². The van der Waals surface area contributed by atoms with Crippen molar-refractivity contribution >= 4 is 0 Å². The van der Waals surface area contributed by atoms with Crippen molar-refractivity contribution in [1.82, 2.24) is 0 Å². The monoisotopic (exact) mass is 313 g/mol. The largest absolute Gasteiger partial charge is 0.394 e. The molecule has 1 heterocycles. The first-order valence-electron chi connectivity index (χ1n) is 6.49. The van der Waals surface area contributed by atoms with Crippen LogP contribution in [0, 0.1) is 0 Å². The van der Waals surface area contributed by atoms with Gasteiger partial charge in [0.2, 0.25) is 0 Å². The highest BCUT2D eigenvalue weighted by Crippen LogP contribution is 2.22. The molecule has 0 spiro atoms. The SMILES string of the molecule is NC[C@@H](O)[C@H](O)[C@H](O)CO[C@H]1O[C@H](CO)[C@H](O)[C@H](O)[C@H]1O. The zero-order chi connectivity index (χ0) is 16.2. The van der Waals surface area contributed by atoms with Gasteiger partial charge in [-0.3, -0.25) is 0 Å². The van der Waals surface area contributed by atoms with Crippen molar-refractivity contribution in [3.05, 3.63) is 0 Å². The Hall–Kier alpha value is -0.400. The smallest absolute Gasteiger partial charge is 0.186 e. The molecule has 21 heavy (non-hydrogen) atoms. The zero-order valence-electron chi connectivity index (χ0n) is 11.3. The molecule has 0 aromatic carbocycles. The number of hydrogen-bond acceptors (Lipinski definition) is 10. The van der Waals surface area contributed by atoms with E-state index in [1.54, 1.807) is 0 Å². The van der Waals surface area contributed by atoms with Crippen LogP contribution in [-0.4, -0.2) is 105 Å². The predicted octanol–water partition coefficient (Wildman–Crippen LogP) is -5.16. The van der Waals surface area contributed by atoms with Crippen molar-refractivity contribution < 1.29 is 45.2 Å². The van der Waals surface area contributed by atoms with Crippen LogP contribution in [-0.2, 0) is 9.47 Å². The van der Waals surface area contributed by atoms with Gasteiger partial charge in [0.25, 0.3) is 0 Å². The van der Waals surface area contributed by atoms with E-state index in [0.29, 0.717) is 0 Å². The van der Waals surface area contributed by atoms with E-state index >= 15 is 0 Å². The van der Waals surface area contributed by atoms with Gasteiger partial charge in [-0.05, 0) is 0 Å². The molecule has 10 nitrogen and oxygen atoms in total. The van der Waals surface area contributed by atoms with Crippen LogP contribution >= 0.6 is 0 Å². The summed E-state index contributed by atoms with van der Waals surface area (Å²) in [5, 5.41) is 66.1. The van der Waals surface area contributed by atoms with E-state index < -0.39 is 62.2 Å². The fourth-order valence-electron chi connectivity index (χ4n) is 1.89. The van der Waals surface area contributed by atoms with Crippen molar-refractivity contribution in [2.24, 2.45) is 5.73 Å². The minimum atomic E-state index is -1.61. The molecule has 8 atom stereocenters. The van der Waals surface area contributed by atoms with Gasteiger partial charge in [0.15, 0.2) is 6.29 Å². The highest BCUT2D eigenvalue weighted by atomic mass is 16.7. The Bertz CT molecular complexity index is 305. The Morgan fingerprint density at radius 3 is 2.14 bits per heavy atom. The van der Waals surface area contributed by atoms with E-state index in [9.17, 15) is 30.6 Å². The third-order valence-electron chi connectivity index (χ3n) is 3.31. The summed E-state index contributed by atoms with van der Waals surface area (Å²) in [7, 11) is 0. The Morgan fingerprint density at radius 1 is 1.00 bits per heavy atom. The molecule has 0 unspecified atom stereocenters. The molecule has 0 aliphatic carbocycles. The fourth-order valence-corrected chi connectivity index (χ4v) is 1.89. The summed E-state index contributed by atoms with van der Waals surface area (Å²) in [4.78, 5) is 0. The molecule has 1 rings (SSSR count). The molecule has 0 saturated carbocycles. The lowest BCUT2D eigenvalue weighted by Gasteiger charge is -2.40. The number of rotatable bonds is 7. The minimum absolute atomic E-state index is 0.266. The lowest BCUT2D eigenvalue weighted by atomic mass is 9.99. The van der Waals surface area contributed by atoms with E-state index in [0.717, 1.165) is 0 Å². The number of nitrogens with two attached hydrogens (primary N) is 1. The highest BCUT2D eigenvalue weighted by molar-refractivity contribution is 4.89. The van der Waals surface area contributed by atoms with E-state index in [1.165, 1.54) is 0 Å². The average Bonchev–Trinajstić information content (AvgIpc) is 2.50. The summed E-state index contributed by atoms with van der Waals surface area (Å²) in [6.45, 7) is -1.40. The van der Waals surface area contributed by atoms with Gasteiger partial charge < -0.3 is 51.0 Å². The van der Waals surface area contributed by atoms with Crippen molar-refractivity contribution in [3.63, 3.8) is 0 Å². The summed E-state index contributed by atoms with van der Waals surface area (Å²) < 4.78 is 10.0. The highest BCUT2D eigenvalue weighted by Gasteiger charge is 2.44. The summed E-state index contributed by atoms with van der Waals surface area (Å²) >= 11 is 0. The van der Waals surface area contributed by atoms with E-state index in [1.807, 2.05) is 0 Å². The summed E-state index contributed by atoms with van der Waals surface area (Å²) in [5.74, 6) is 0. The Kier molecular flexibility index (Phi) is 7.36. The number of hydrogen-bond donors (Lipinski definition) is 8. The lowest BCUT2D eigenvalue weighted by molar-refractivity contribution is -0.306. The second kappa shape index (κ2) is 8.29. The molecule has 9 N–H and O–H groups in total. The molecule has 10 heteroatoms. The maximum absolute atomic E-state index is 9.67. The second-order valence-electron chi connectivity index (χ2n) is 4.89. The third kappa shape index (κ3) is 4.53. The van der Waals surface area contributed by atoms with Crippen LogP contribution in [0.2, 0.25) is 0 Å². The molecule has 0 aromatic heterocycles. The summed E-state index contributed by atoms with van der Waals surface area (Å²) in [6.07, 6.45) is -11.7. The fraction of sp³-hybridized carbons (Fsp3) is 1.00. The van der Waals surface area contributed by atoms with Gasteiger partial charge >= 0.3 is 0 Å². The molecule has 126 valence electrons. The predicted molar refractivity (Wildman–Crippen MR) is 66.8 cm³/mol. The molecule has 1 aliphatic heterocycles. The van der Waals surface area contributed by atoms with Crippen molar-refractivity contribution in [2.75, 3.05) is 19.8 Å². The normalized spacial score (nSPS) is 38.0. The topological polar surface area (TPSA) is 186 Å². The first-order valence-corrected chi connectivity index (χ1v) is 6.49. The molecule has 0 amide bonds. The molecule has 0 aromatic rings. The summed E-state index contributed by atoms with van der Waals surface area (Å²) in [6, 6.07) is 0. The zero-order valence-corrected chi connectivity index (χ0v) is 11.3. The molecule has 0 radical (unpaired) electrons. The van der Waals surface area contributed by atoms with Crippen molar-refractivity contribution in [2.45, 2.75) is 49.0 Å². The van der Waals surface area contributed by atoms with Crippen LogP contribution in [0.1, 0.15) is 0 Å². The van der Waals surface area contributed by atoms with Crippen LogP contribution in [0.4, 0.5) is 0 Å². The minimum Gasteiger partial charge on any atom is -0.394 e. The molecular weight excluding hydrogens is 290 g/mol. The van der Waals surface area contributed by atoms with Crippen LogP contribution in [0.25, 0.3) is 0 Å². The van der Waals surface area contributed by atoms with Crippen LogP contribution in [0.5, 0.6) is 0 Å². The van der Waals surface area contributed by atoms with E-state index in [4.69, 9.17) is 20.3 Å². The van der Waals surface area contributed by atoms with Crippen molar-refractivity contribution in [3.8, 4) is 0 Å². The number of aliphatic hydroxyl groups is 7. The maximum Gasteiger partial charge on any atom is 0.186 e. The molecule has 1 saturated heterocycles. The third-order valence-corrected chi connectivity index (χ3v) is 3.31. The van der Waals surface area contributed by atoms with Crippen LogP contribution < -0.4 is 5.73 Å². The maximum atomic E-state index is 9.67. The second-order valence-corrected chi connectivity index (χ2v) is 4.89. The number of aliphatic hydroxyl groups excluding tert-OH is 7. The molecule has 0 bridgehead atoms. The lowest BCUT2D eigenvalue weighted by Crippen LogP contribution is -2.59. The molecule has 1 fully saturated rings. The van der Waals surface area contributed by atoms with Gasteiger partial charge in [-0.1, -0.05) is 0 Å². The van der Waals surface area contributed by atoms with Gasteiger partial charge in [-0.15, -0.1) is 0 Å². The quantitative estimate of drug-likeness (QED) is 0.226. The van der Waals surface area contributed by atoms with Gasteiger partial charge in [0, 0.05) is 6.54 Å². The van der Waals surface area contributed by atoms with Crippen LogP contribution in [0.15, 0.2) is 0 Å². The standard InChI is InChI=1S/C11H23NO9/c12-1-4(14)7(16)5(15)3-20-11-10(19)9(18)8(17)6(2-13)21-11/h4-11,13-19H,1-3,12H2/t4-,5-,6-,7+,8+,9+,10-,11+/m1/s1. The van der Waals surface area contributed by atoms with Gasteiger partial charge in [-0.25, -0.2) is 0 Å². The van der Waals surface area contributed by atoms with Gasteiger partial charge in [0.05, 0.1) is 19.3 Å². The van der Waals surface area contributed by atoms with Crippen LogP contribution in [0.3, 0.4) is 0 Å². The number of ether oxygens (including phenoxy) is 2. The van der Waals surface area contributed by atoms with Gasteiger partial charge in [-0.2, -0.15) is 0 Å². The van der Waals surface area contributed by atoms with E-state index in [2.05, 4.69) is 0 Å². The first kappa shape index (κ1) is 18.6. The Labute approximate surface area is 121 Å². The molecule has 1 aliphatic rings. The van der Waals surface area contributed by atoms with Gasteiger partial charge in [0.1, 0.15) is 36.6 Å². The summed E-state index contributed by atoms with van der Waals surface area (Å²) in [5.41, 5.74) is 5.13.